The van der Waals surface area contributed by atoms with Gasteiger partial charge in [-0.1, -0.05) is 302 Å². The lowest BCUT2D eigenvalue weighted by molar-refractivity contribution is 0.484. The van der Waals surface area contributed by atoms with Crippen LogP contribution >= 0.6 is 0 Å². The molecule has 0 unspecified atom stereocenters. The maximum Gasteiger partial charge on any atom is 0.251 e. The second-order valence-electron chi connectivity index (χ2n) is 30.1. The summed E-state index contributed by atoms with van der Waals surface area (Å²) in [5, 5.41) is 10.1. The Balaban J connectivity index is 0.664. The smallest absolute Gasteiger partial charge is 0.251 e. The van der Waals surface area contributed by atoms with Gasteiger partial charge >= 0.3 is 0 Å². The standard InChI is InChI=1S/C99H64B2N6O2Si2/c1-5-31-67(32-6-1)110(68-33-7-2-8-34-68,71-39-25-29-65(61-71)104-87-51-21-23-53-89(87)106-85-49-19-17-47-83(85)102-97(104)106)73-57-59-81-93(63-73)108-91-55-27-43-77-95(91)100(81)79-45-15-13-41-75(79)99(77)76-42-14-16-46-80(76)101-82-60-58-74(64-94(82)109-92-56-28-44-78(99)96(92)101)111(69-35-9-3-10-36-69,70-37-11-4-12-38-70)72-40-26-30-66(62-72)105-88-52-22-24-54-90(88)107-86-50-20-18-48-84(86)103-98(105)107/h1-64H. The van der Waals surface area contributed by atoms with Crippen molar-refractivity contribution in [3.8, 4) is 34.4 Å². The van der Waals surface area contributed by atoms with Gasteiger partial charge in [-0.25, -0.2) is 9.97 Å². The van der Waals surface area contributed by atoms with Crippen LogP contribution in [0.4, 0.5) is 0 Å². The number of ether oxygens (including phenoxy) is 2. The first kappa shape index (κ1) is 62.3. The zero-order valence-electron chi connectivity index (χ0n) is 60.1. The molecular formula is C99H64B2N6O2Si2. The van der Waals surface area contributed by atoms with E-state index in [0.717, 1.165) is 101 Å². The molecule has 0 fully saturated rings. The molecule has 12 heteroatoms. The number of nitrogens with zero attached hydrogens (tertiary/aromatic N) is 6. The number of rotatable bonds is 10. The molecule has 8 nitrogen and oxygen atoms in total. The van der Waals surface area contributed by atoms with Crippen LogP contribution in [0, 0.1) is 0 Å². The largest absolute Gasteiger partial charge is 0.458 e. The van der Waals surface area contributed by atoms with Gasteiger partial charge in [0, 0.05) is 11.4 Å². The quantitative estimate of drug-likeness (QED) is 0.101. The first-order chi connectivity index (χ1) is 55.1. The van der Waals surface area contributed by atoms with Crippen molar-refractivity contribution in [1.82, 2.24) is 27.9 Å². The predicted octanol–water partition coefficient (Wildman–Crippen LogP) is 12.2. The minimum absolute atomic E-state index is 0.146. The molecule has 8 heterocycles. The van der Waals surface area contributed by atoms with Crippen LogP contribution in [0.5, 0.6) is 23.0 Å². The van der Waals surface area contributed by atoms with Crippen LogP contribution in [-0.2, 0) is 5.41 Å². The molecule has 0 saturated heterocycles. The highest BCUT2D eigenvalue weighted by Crippen LogP contribution is 2.50. The lowest BCUT2D eigenvalue weighted by atomic mass is 9.25. The van der Waals surface area contributed by atoms with Crippen molar-refractivity contribution in [2.75, 3.05) is 0 Å². The van der Waals surface area contributed by atoms with Crippen LogP contribution in [0.2, 0.25) is 0 Å². The van der Waals surface area contributed by atoms with Gasteiger partial charge in [0.1, 0.15) is 23.0 Å². The Kier molecular flexibility index (Phi) is 13.2. The van der Waals surface area contributed by atoms with E-state index in [2.05, 4.69) is 406 Å². The second-order valence-corrected chi connectivity index (χ2v) is 37.7. The molecule has 111 heavy (non-hydrogen) atoms. The molecule has 1 spiro atoms. The molecule has 0 amide bonds. The lowest BCUT2D eigenvalue weighted by Crippen LogP contribution is -2.75. The molecule has 0 radical (unpaired) electrons. The highest BCUT2D eigenvalue weighted by molar-refractivity contribution is 7.20. The third-order valence-electron chi connectivity index (χ3n) is 24.9. The lowest BCUT2D eigenvalue weighted by Gasteiger charge is -2.51. The van der Waals surface area contributed by atoms with Gasteiger partial charge in [-0.15, -0.1) is 0 Å². The van der Waals surface area contributed by atoms with E-state index < -0.39 is 21.6 Å². The van der Waals surface area contributed by atoms with Crippen LogP contribution in [-0.4, -0.2) is 57.5 Å². The Morgan fingerprint density at radius 1 is 0.243 bits per heavy atom. The zero-order chi connectivity index (χ0) is 72.7. The summed E-state index contributed by atoms with van der Waals surface area (Å²) in [5.74, 6) is 5.26. The van der Waals surface area contributed by atoms with Crippen molar-refractivity contribution < 1.29 is 9.47 Å². The molecule has 4 aliphatic rings. The molecule has 0 saturated carbocycles. The monoisotopic (exact) mass is 1450 g/mol. The fourth-order valence-corrected chi connectivity index (χ4v) is 30.2. The Hall–Kier alpha value is -13.8. The van der Waals surface area contributed by atoms with E-state index in [4.69, 9.17) is 19.4 Å². The molecule has 24 rings (SSSR count). The average Bonchev–Trinajstić information content (AvgIpc) is 1.23. The molecule has 4 aliphatic heterocycles. The number of imidazole rings is 4. The number of hydrogen-bond acceptors (Lipinski definition) is 4. The number of para-hydroxylation sites is 8. The first-order valence-electron chi connectivity index (χ1n) is 38.3. The van der Waals surface area contributed by atoms with Gasteiger partial charge in [-0.3, -0.25) is 17.9 Å². The molecule has 16 aromatic carbocycles. The molecule has 20 aromatic rings. The van der Waals surface area contributed by atoms with Gasteiger partial charge in [0.2, 0.25) is 11.6 Å². The topological polar surface area (TPSA) is 62.9 Å². The molecule has 516 valence electrons. The molecule has 0 atom stereocenters. The number of aromatic nitrogens is 6. The summed E-state index contributed by atoms with van der Waals surface area (Å²) in [6.07, 6.45) is 0. The summed E-state index contributed by atoms with van der Waals surface area (Å²) in [4.78, 5) is 10.7. The van der Waals surface area contributed by atoms with E-state index in [0.29, 0.717) is 0 Å². The Morgan fingerprint density at radius 2 is 0.568 bits per heavy atom. The fourth-order valence-electron chi connectivity index (χ4n) is 20.7. The average molecular weight is 1450 g/mol. The van der Waals surface area contributed by atoms with Crippen molar-refractivity contribution in [2.45, 2.75) is 5.41 Å². The summed E-state index contributed by atoms with van der Waals surface area (Å²) < 4.78 is 24.7. The van der Waals surface area contributed by atoms with Crippen molar-refractivity contribution >= 4 is 160 Å². The van der Waals surface area contributed by atoms with Crippen molar-refractivity contribution in [1.29, 1.82) is 0 Å². The third-order valence-corrected chi connectivity index (χ3v) is 34.4. The second kappa shape index (κ2) is 23.6. The van der Waals surface area contributed by atoms with Gasteiger partial charge < -0.3 is 9.47 Å². The van der Waals surface area contributed by atoms with Gasteiger partial charge in [0.25, 0.3) is 13.4 Å². The van der Waals surface area contributed by atoms with Crippen molar-refractivity contribution in [3.05, 3.63) is 411 Å². The van der Waals surface area contributed by atoms with E-state index in [9.17, 15) is 0 Å². The van der Waals surface area contributed by atoms with E-state index in [-0.39, 0.29) is 13.4 Å². The van der Waals surface area contributed by atoms with Crippen molar-refractivity contribution in [2.24, 2.45) is 0 Å². The molecule has 4 aromatic heterocycles. The fraction of sp³-hybridized carbons (Fsp3) is 0.0101. The van der Waals surface area contributed by atoms with Crippen molar-refractivity contribution in [3.63, 3.8) is 0 Å². The molecule has 0 bridgehead atoms. The highest BCUT2D eigenvalue weighted by Gasteiger charge is 2.57. The summed E-state index contributed by atoms with van der Waals surface area (Å²) in [6, 6.07) is 145. The maximum absolute atomic E-state index is 7.71. The Morgan fingerprint density at radius 3 is 0.982 bits per heavy atom. The number of benzene rings is 16. The van der Waals surface area contributed by atoms with Gasteiger partial charge in [0.15, 0.2) is 16.1 Å². The number of fused-ring (bicyclic) bond motifs is 22. The summed E-state index contributed by atoms with van der Waals surface area (Å²) in [7, 11) is -6.47. The number of hydrogen-bond donors (Lipinski definition) is 0. The maximum atomic E-state index is 7.71. The zero-order valence-corrected chi connectivity index (χ0v) is 62.1. The summed E-state index contributed by atoms with van der Waals surface area (Å²) >= 11 is 0. The predicted molar refractivity (Wildman–Crippen MR) is 461 cm³/mol. The highest BCUT2D eigenvalue weighted by atomic mass is 28.3. The molecular weight excluding hydrogens is 1380 g/mol. The minimum atomic E-state index is -3.23. The normalized spacial score (nSPS) is 13.6. The Bertz CT molecular complexity index is 6770. The Labute approximate surface area is 642 Å². The van der Waals surface area contributed by atoms with Crippen LogP contribution in [0.15, 0.2) is 388 Å². The van der Waals surface area contributed by atoms with Gasteiger partial charge in [-0.05, 0) is 183 Å². The minimum Gasteiger partial charge on any atom is -0.458 e. The van der Waals surface area contributed by atoms with Gasteiger partial charge in [-0.2, -0.15) is 0 Å². The first-order valence-corrected chi connectivity index (χ1v) is 42.3. The van der Waals surface area contributed by atoms with E-state index in [1.807, 2.05) is 0 Å². The molecule has 0 N–H and O–H groups in total. The molecule has 0 aliphatic carbocycles. The van der Waals surface area contributed by atoms with Crippen LogP contribution in [0.25, 0.3) is 67.1 Å². The van der Waals surface area contributed by atoms with E-state index >= 15 is 0 Å². The van der Waals surface area contributed by atoms with Crippen LogP contribution in [0.3, 0.4) is 0 Å². The van der Waals surface area contributed by atoms with Crippen LogP contribution in [0.1, 0.15) is 22.3 Å². The van der Waals surface area contributed by atoms with Gasteiger partial charge in [0.05, 0.1) is 49.5 Å². The third kappa shape index (κ3) is 8.44. The summed E-state index contributed by atoms with van der Waals surface area (Å²) in [5.41, 5.74) is 22.1. The van der Waals surface area contributed by atoms with Crippen LogP contribution < -0.4 is 83.7 Å². The van der Waals surface area contributed by atoms with E-state index in [1.165, 1.54) is 85.6 Å². The van der Waals surface area contributed by atoms with E-state index in [1.54, 1.807) is 0 Å². The SMILES string of the molecule is c1ccc([Si](c2ccccc2)(c2cccc(-n3c4ccccc4n4c5ccccc5nc34)c2)c2ccc3c(c2)Oc2cccc4c2B3c2ccccc2C42c3ccccc3B3c4ccc([Si](c5ccccc5)(c5ccccc5)c5cccc(-n6c7ccccc7n7c8ccccc8nc67)c5)cc4Oc4cccc2c43)cc1. The summed E-state index contributed by atoms with van der Waals surface area (Å²) in [6.45, 7) is -0.293.